The Morgan fingerprint density at radius 3 is 2.80 bits per heavy atom. The topological polar surface area (TPSA) is 66.8 Å². The minimum atomic E-state index is -0.710. The Hall–Kier alpha value is -1.27. The van der Waals surface area contributed by atoms with Crippen LogP contribution < -0.4 is 0 Å². The van der Waals surface area contributed by atoms with Gasteiger partial charge in [-0.3, -0.25) is 4.79 Å². The highest BCUT2D eigenvalue weighted by atomic mass is 32.2. The molecule has 1 saturated heterocycles. The molecule has 0 radical (unpaired) electrons. The highest BCUT2D eigenvalue weighted by Crippen LogP contribution is 2.50. The summed E-state index contributed by atoms with van der Waals surface area (Å²) in [5.41, 5.74) is 0.332. The van der Waals surface area contributed by atoms with Gasteiger partial charge in [0.15, 0.2) is 0 Å². The maximum absolute atomic E-state index is 12.2. The number of hydrogen-bond acceptors (Lipinski definition) is 5. The number of fused-ring (bicyclic) bond motifs is 1. The summed E-state index contributed by atoms with van der Waals surface area (Å²) in [6, 6.07) is -0.142. The number of carbonyl (C=O) groups is 2. The molecule has 5 nitrogen and oxygen atoms in total. The maximum atomic E-state index is 12.2. The van der Waals surface area contributed by atoms with Crippen LogP contribution in [0, 0.1) is 11.8 Å². The fourth-order valence-corrected chi connectivity index (χ4v) is 3.88. The first-order valence-corrected chi connectivity index (χ1v) is 7.75. The molecule has 0 aromatic rings. The molecule has 4 atom stereocenters. The molecule has 2 aliphatic rings. The Morgan fingerprint density at radius 1 is 1.65 bits per heavy atom. The van der Waals surface area contributed by atoms with Crippen LogP contribution in [-0.4, -0.2) is 46.9 Å². The van der Waals surface area contributed by atoms with Gasteiger partial charge >= 0.3 is 5.97 Å². The van der Waals surface area contributed by atoms with Crippen LogP contribution in [0.25, 0.3) is 0 Å². The summed E-state index contributed by atoms with van der Waals surface area (Å²) in [4.78, 5) is 26.6. The van der Waals surface area contributed by atoms with Crippen molar-refractivity contribution < 1.29 is 19.4 Å². The average Bonchev–Trinajstić information content (AvgIpc) is 2.64. The number of hydrogen-bond donors (Lipinski definition) is 1. The van der Waals surface area contributed by atoms with Crippen molar-refractivity contribution in [1.82, 2.24) is 4.90 Å². The fraction of sp³-hybridized carbons (Fsp3) is 0.571. The molecule has 0 aromatic heterocycles. The molecule has 2 heterocycles. The third-order valence-electron chi connectivity index (χ3n) is 3.85. The molecule has 0 unspecified atom stereocenters. The summed E-state index contributed by atoms with van der Waals surface area (Å²) in [7, 11) is 0. The van der Waals surface area contributed by atoms with Crippen molar-refractivity contribution in [2.75, 3.05) is 12.9 Å². The molecule has 6 heteroatoms. The van der Waals surface area contributed by atoms with Crippen LogP contribution in [0.1, 0.15) is 13.8 Å². The second kappa shape index (κ2) is 5.61. The van der Waals surface area contributed by atoms with Gasteiger partial charge in [0, 0.05) is 10.8 Å². The van der Waals surface area contributed by atoms with Crippen molar-refractivity contribution in [3.05, 3.63) is 23.3 Å². The van der Waals surface area contributed by atoms with Gasteiger partial charge in [-0.2, -0.15) is 0 Å². The molecule has 20 heavy (non-hydrogen) atoms. The number of amides is 1. The molecule has 0 aromatic carbocycles. The van der Waals surface area contributed by atoms with E-state index in [1.807, 2.05) is 13.2 Å². The van der Waals surface area contributed by atoms with Crippen LogP contribution >= 0.6 is 11.8 Å². The summed E-state index contributed by atoms with van der Waals surface area (Å²) in [6.07, 6.45) is 2.65. The number of β-lactam (4-membered cyclic amide) rings is 1. The van der Waals surface area contributed by atoms with Crippen LogP contribution in [-0.2, 0) is 14.3 Å². The van der Waals surface area contributed by atoms with Crippen LogP contribution in [0.2, 0.25) is 0 Å². The molecule has 1 amide bonds. The molecular formula is C14H19NO4S. The number of aliphatic hydroxyl groups excluding tert-OH is 1. The van der Waals surface area contributed by atoms with Gasteiger partial charge in [-0.05, 0) is 13.2 Å². The molecule has 110 valence electrons. The van der Waals surface area contributed by atoms with Gasteiger partial charge in [-0.25, -0.2) is 4.79 Å². The van der Waals surface area contributed by atoms with Crippen molar-refractivity contribution in [2.45, 2.75) is 26.0 Å². The number of esters is 1. The summed E-state index contributed by atoms with van der Waals surface area (Å²) in [5.74, 6) is -1.10. The summed E-state index contributed by atoms with van der Waals surface area (Å²) >= 11 is 1.45. The molecular weight excluding hydrogens is 278 g/mol. The predicted molar refractivity (Wildman–Crippen MR) is 76.7 cm³/mol. The van der Waals surface area contributed by atoms with Crippen LogP contribution in [0.4, 0.5) is 0 Å². The van der Waals surface area contributed by atoms with Crippen LogP contribution in [0.15, 0.2) is 23.3 Å². The first kappa shape index (κ1) is 15.1. The Labute approximate surface area is 122 Å². The standard InChI is InChI=1S/C14H19NO4S/c1-5-6-19-14(18)11-12(20-4)7(2)10-9(8(3)16)13(17)15(10)11/h5,7-10,16H,1,6H2,2-4H3/t7-,8+,9-,10-/m1/s1. The first-order chi connectivity index (χ1) is 9.45. The number of nitrogens with zero attached hydrogens (tertiary/aromatic N) is 1. The Kier molecular flexibility index (Phi) is 4.25. The molecule has 0 aliphatic carbocycles. The van der Waals surface area contributed by atoms with E-state index in [0.717, 1.165) is 4.91 Å². The predicted octanol–water partition coefficient (Wildman–Crippen LogP) is 1.15. The Morgan fingerprint density at radius 2 is 2.30 bits per heavy atom. The van der Waals surface area contributed by atoms with Gasteiger partial charge in [0.1, 0.15) is 12.3 Å². The fourth-order valence-electron chi connectivity index (χ4n) is 2.99. The highest BCUT2D eigenvalue weighted by Gasteiger charge is 2.59. The second-order valence-corrected chi connectivity index (χ2v) is 5.91. The molecule has 1 N–H and O–H groups in total. The van der Waals surface area contributed by atoms with Crippen LogP contribution in [0.3, 0.4) is 0 Å². The molecule has 0 spiro atoms. The molecule has 2 rings (SSSR count). The smallest absolute Gasteiger partial charge is 0.356 e. The van der Waals surface area contributed by atoms with E-state index in [9.17, 15) is 14.7 Å². The minimum Gasteiger partial charge on any atom is -0.457 e. The van der Waals surface area contributed by atoms with E-state index in [-0.39, 0.29) is 24.5 Å². The van der Waals surface area contributed by atoms with Crippen LogP contribution in [0.5, 0.6) is 0 Å². The normalized spacial score (nSPS) is 29.9. The summed E-state index contributed by atoms with van der Waals surface area (Å²) in [6.45, 7) is 7.20. The van der Waals surface area contributed by atoms with E-state index in [2.05, 4.69) is 6.58 Å². The number of ether oxygens (including phenoxy) is 1. The van der Waals surface area contributed by atoms with Gasteiger partial charge in [-0.15, -0.1) is 11.8 Å². The monoisotopic (exact) mass is 297 g/mol. The third kappa shape index (κ3) is 2.07. The average molecular weight is 297 g/mol. The van der Waals surface area contributed by atoms with Crippen molar-refractivity contribution in [2.24, 2.45) is 11.8 Å². The van der Waals surface area contributed by atoms with E-state index in [1.165, 1.54) is 22.7 Å². The lowest BCUT2D eigenvalue weighted by Crippen LogP contribution is -2.63. The minimum absolute atomic E-state index is 0.0357. The lowest BCUT2D eigenvalue weighted by Gasteiger charge is -2.46. The van der Waals surface area contributed by atoms with Crippen molar-refractivity contribution in [1.29, 1.82) is 0 Å². The van der Waals surface area contributed by atoms with E-state index in [0.29, 0.717) is 5.70 Å². The van der Waals surface area contributed by atoms with E-state index < -0.39 is 18.0 Å². The highest BCUT2D eigenvalue weighted by molar-refractivity contribution is 8.02. The van der Waals surface area contributed by atoms with E-state index in [1.54, 1.807) is 6.92 Å². The van der Waals surface area contributed by atoms with Gasteiger partial charge in [-0.1, -0.05) is 19.6 Å². The van der Waals surface area contributed by atoms with Crippen molar-refractivity contribution in [3.8, 4) is 0 Å². The number of rotatable bonds is 5. The van der Waals surface area contributed by atoms with Crippen molar-refractivity contribution in [3.63, 3.8) is 0 Å². The number of aliphatic hydroxyl groups is 1. The SMILES string of the molecule is C=CCOC(=O)C1=C(SC)[C@H](C)[C@@H]2[C@@H]([C@H](C)O)C(=O)N12. The third-order valence-corrected chi connectivity index (χ3v) is 4.86. The van der Waals surface area contributed by atoms with Crippen molar-refractivity contribution >= 4 is 23.6 Å². The quantitative estimate of drug-likeness (QED) is 0.468. The maximum Gasteiger partial charge on any atom is 0.356 e. The lowest BCUT2D eigenvalue weighted by atomic mass is 9.79. The molecule has 0 bridgehead atoms. The lowest BCUT2D eigenvalue weighted by molar-refractivity contribution is -0.164. The molecule has 2 aliphatic heterocycles. The van der Waals surface area contributed by atoms with Gasteiger partial charge < -0.3 is 14.7 Å². The number of thioether (sulfide) groups is 1. The zero-order valence-electron chi connectivity index (χ0n) is 11.8. The first-order valence-electron chi connectivity index (χ1n) is 6.53. The summed E-state index contributed by atoms with van der Waals surface area (Å²) in [5, 5.41) is 9.73. The van der Waals surface area contributed by atoms with E-state index >= 15 is 0 Å². The number of carbonyl (C=O) groups excluding carboxylic acids is 2. The summed E-state index contributed by atoms with van der Waals surface area (Å²) < 4.78 is 5.07. The Balaban J connectivity index is 2.30. The molecule has 0 saturated carbocycles. The zero-order chi connectivity index (χ0) is 15.0. The van der Waals surface area contributed by atoms with E-state index in [4.69, 9.17) is 4.74 Å². The van der Waals surface area contributed by atoms with Gasteiger partial charge in [0.2, 0.25) is 5.91 Å². The van der Waals surface area contributed by atoms with Gasteiger partial charge in [0.25, 0.3) is 0 Å². The second-order valence-electron chi connectivity index (χ2n) is 5.06. The largest absolute Gasteiger partial charge is 0.457 e. The zero-order valence-corrected chi connectivity index (χ0v) is 12.6. The molecule has 1 fully saturated rings. The Bertz CT molecular complexity index is 486. The van der Waals surface area contributed by atoms with Gasteiger partial charge in [0.05, 0.1) is 18.1 Å².